The van der Waals surface area contributed by atoms with Gasteiger partial charge in [-0.05, 0) is 25.9 Å². The zero-order valence-electron chi connectivity index (χ0n) is 8.56. The molecular formula is C10H19N3. The number of hydrogen-bond acceptors (Lipinski definition) is 3. The molecule has 1 aliphatic heterocycles. The van der Waals surface area contributed by atoms with E-state index >= 15 is 0 Å². The molecule has 0 aromatic heterocycles. The molecule has 3 nitrogen and oxygen atoms in total. The number of rotatable bonds is 3. The lowest BCUT2D eigenvalue weighted by Gasteiger charge is -2.38. The molecule has 0 aromatic carbocycles. The third kappa shape index (κ3) is 2.20. The highest BCUT2D eigenvalue weighted by atomic mass is 15.0. The van der Waals surface area contributed by atoms with Crippen LogP contribution in [0.15, 0.2) is 0 Å². The molecule has 0 amide bonds. The first kappa shape index (κ1) is 10.5. The van der Waals surface area contributed by atoms with E-state index in [2.05, 4.69) is 30.6 Å². The Bertz CT molecular complexity index is 197. The smallest absolute Gasteiger partial charge is 0.111 e. The molecule has 1 fully saturated rings. The summed E-state index contributed by atoms with van der Waals surface area (Å²) in [5, 5.41) is 15.9. The monoisotopic (exact) mass is 181 g/mol. The molecule has 0 radical (unpaired) electrons. The van der Waals surface area contributed by atoms with Crippen molar-refractivity contribution in [2.75, 3.05) is 19.6 Å². The van der Waals surface area contributed by atoms with Crippen molar-refractivity contribution in [2.24, 2.45) is 5.92 Å². The highest BCUT2D eigenvalue weighted by Gasteiger charge is 2.37. The molecule has 2 unspecified atom stereocenters. The van der Waals surface area contributed by atoms with Crippen LogP contribution in [0.25, 0.3) is 0 Å². The van der Waals surface area contributed by atoms with Crippen LogP contribution in [0.3, 0.4) is 0 Å². The minimum atomic E-state index is -0.277. The van der Waals surface area contributed by atoms with Crippen LogP contribution in [-0.4, -0.2) is 25.2 Å². The molecule has 13 heavy (non-hydrogen) atoms. The average Bonchev–Trinajstić information content (AvgIpc) is 2.17. The summed E-state index contributed by atoms with van der Waals surface area (Å²) < 4.78 is 0. The second-order valence-corrected chi connectivity index (χ2v) is 3.87. The number of piperidine rings is 1. The van der Waals surface area contributed by atoms with Crippen LogP contribution in [-0.2, 0) is 0 Å². The van der Waals surface area contributed by atoms with Crippen molar-refractivity contribution < 1.29 is 0 Å². The Balaban J connectivity index is 2.60. The van der Waals surface area contributed by atoms with Gasteiger partial charge in [0, 0.05) is 12.5 Å². The quantitative estimate of drug-likeness (QED) is 0.679. The van der Waals surface area contributed by atoms with Crippen LogP contribution in [0, 0.1) is 17.2 Å². The van der Waals surface area contributed by atoms with Gasteiger partial charge in [0.25, 0.3) is 0 Å². The molecule has 2 atom stereocenters. The molecule has 0 bridgehead atoms. The molecule has 74 valence electrons. The highest BCUT2D eigenvalue weighted by Crippen LogP contribution is 2.23. The first-order valence-electron chi connectivity index (χ1n) is 5.12. The third-order valence-electron chi connectivity index (χ3n) is 2.88. The van der Waals surface area contributed by atoms with Crippen molar-refractivity contribution in [3.8, 4) is 6.07 Å². The summed E-state index contributed by atoms with van der Waals surface area (Å²) in [5.41, 5.74) is -0.277. The van der Waals surface area contributed by atoms with E-state index in [4.69, 9.17) is 0 Å². The van der Waals surface area contributed by atoms with Gasteiger partial charge in [-0.3, -0.25) is 5.32 Å². The number of nitrogens with one attached hydrogen (secondary N) is 2. The maximum Gasteiger partial charge on any atom is 0.111 e. The molecule has 0 saturated carbocycles. The zero-order chi connectivity index (χ0) is 9.73. The Kier molecular flexibility index (Phi) is 3.71. The van der Waals surface area contributed by atoms with Crippen molar-refractivity contribution in [1.29, 1.82) is 5.26 Å². The van der Waals surface area contributed by atoms with Gasteiger partial charge in [0.1, 0.15) is 5.54 Å². The largest absolute Gasteiger partial charge is 0.316 e. The van der Waals surface area contributed by atoms with Crippen LogP contribution in [0.2, 0.25) is 0 Å². The normalized spacial score (nSPS) is 34.1. The third-order valence-corrected chi connectivity index (χ3v) is 2.88. The first-order chi connectivity index (χ1) is 6.25. The Hall–Kier alpha value is -0.590. The molecule has 1 saturated heterocycles. The molecular weight excluding hydrogens is 162 g/mol. The molecule has 0 spiro atoms. The van der Waals surface area contributed by atoms with E-state index in [1.165, 1.54) is 0 Å². The van der Waals surface area contributed by atoms with Crippen LogP contribution in [0.5, 0.6) is 0 Å². The summed E-state index contributed by atoms with van der Waals surface area (Å²) in [7, 11) is 0. The van der Waals surface area contributed by atoms with Gasteiger partial charge in [-0.1, -0.05) is 13.8 Å². The maximum absolute atomic E-state index is 9.20. The molecule has 2 N–H and O–H groups in total. The number of hydrogen-bond donors (Lipinski definition) is 2. The fraction of sp³-hybridized carbons (Fsp3) is 0.900. The van der Waals surface area contributed by atoms with Crippen molar-refractivity contribution in [1.82, 2.24) is 10.6 Å². The van der Waals surface area contributed by atoms with E-state index in [0.717, 1.165) is 32.5 Å². The predicted molar refractivity (Wildman–Crippen MR) is 53.3 cm³/mol. The topological polar surface area (TPSA) is 47.9 Å². The van der Waals surface area contributed by atoms with E-state index in [1.807, 2.05) is 0 Å². The van der Waals surface area contributed by atoms with Gasteiger partial charge in [-0.25, -0.2) is 0 Å². The van der Waals surface area contributed by atoms with Crippen molar-refractivity contribution in [2.45, 2.75) is 32.2 Å². The van der Waals surface area contributed by atoms with Gasteiger partial charge in [0.2, 0.25) is 0 Å². The summed E-state index contributed by atoms with van der Waals surface area (Å²) in [6.07, 6.45) is 2.01. The summed E-state index contributed by atoms with van der Waals surface area (Å²) in [6, 6.07) is 2.45. The lowest BCUT2D eigenvalue weighted by molar-refractivity contribution is 0.228. The molecule has 1 aliphatic rings. The summed E-state index contributed by atoms with van der Waals surface area (Å²) >= 11 is 0. The minimum absolute atomic E-state index is 0.277. The van der Waals surface area contributed by atoms with E-state index < -0.39 is 0 Å². The first-order valence-corrected chi connectivity index (χ1v) is 5.12. The Morgan fingerprint density at radius 3 is 3.00 bits per heavy atom. The van der Waals surface area contributed by atoms with Crippen molar-refractivity contribution in [3.63, 3.8) is 0 Å². The summed E-state index contributed by atoms with van der Waals surface area (Å²) in [6.45, 7) is 7.11. The molecule has 1 rings (SSSR count). The fourth-order valence-electron chi connectivity index (χ4n) is 1.84. The molecule has 0 aliphatic carbocycles. The highest BCUT2D eigenvalue weighted by molar-refractivity contribution is 5.12. The van der Waals surface area contributed by atoms with E-state index in [9.17, 15) is 5.26 Å². The van der Waals surface area contributed by atoms with Crippen molar-refractivity contribution >= 4 is 0 Å². The Morgan fingerprint density at radius 1 is 1.69 bits per heavy atom. The van der Waals surface area contributed by atoms with Crippen LogP contribution < -0.4 is 10.6 Å². The van der Waals surface area contributed by atoms with Gasteiger partial charge in [-0.15, -0.1) is 0 Å². The van der Waals surface area contributed by atoms with Crippen LogP contribution in [0.1, 0.15) is 26.7 Å². The molecule has 3 heteroatoms. The van der Waals surface area contributed by atoms with E-state index in [-0.39, 0.29) is 5.54 Å². The van der Waals surface area contributed by atoms with Gasteiger partial charge in [-0.2, -0.15) is 5.26 Å². The molecule has 1 heterocycles. The second kappa shape index (κ2) is 4.59. The van der Waals surface area contributed by atoms with E-state index in [0.29, 0.717) is 5.92 Å². The van der Waals surface area contributed by atoms with Gasteiger partial charge < -0.3 is 5.32 Å². The number of nitrogens with zero attached hydrogens (tertiary/aromatic N) is 1. The summed E-state index contributed by atoms with van der Waals surface area (Å²) in [4.78, 5) is 0. The zero-order valence-corrected chi connectivity index (χ0v) is 8.56. The second-order valence-electron chi connectivity index (χ2n) is 3.87. The van der Waals surface area contributed by atoms with E-state index in [1.54, 1.807) is 0 Å². The lowest BCUT2D eigenvalue weighted by Crippen LogP contribution is -2.57. The van der Waals surface area contributed by atoms with Crippen molar-refractivity contribution in [3.05, 3.63) is 0 Å². The Labute approximate surface area is 80.5 Å². The number of nitriles is 1. The van der Waals surface area contributed by atoms with Crippen LogP contribution >= 0.6 is 0 Å². The van der Waals surface area contributed by atoms with Crippen LogP contribution in [0.4, 0.5) is 0 Å². The Morgan fingerprint density at radius 2 is 2.46 bits per heavy atom. The van der Waals surface area contributed by atoms with Gasteiger partial charge in [0.15, 0.2) is 0 Å². The lowest BCUT2D eigenvalue weighted by atomic mass is 9.80. The summed E-state index contributed by atoms with van der Waals surface area (Å²) in [5.74, 6) is 0.401. The van der Waals surface area contributed by atoms with Gasteiger partial charge >= 0.3 is 0 Å². The molecule has 0 aromatic rings. The fourth-order valence-corrected chi connectivity index (χ4v) is 1.84. The average molecular weight is 181 g/mol. The SMILES string of the molecule is CCCNC1(C#N)CCNCC1C. The predicted octanol–water partition coefficient (Wildman–Crippen LogP) is 0.878. The minimum Gasteiger partial charge on any atom is -0.316 e. The van der Waals surface area contributed by atoms with Gasteiger partial charge in [0.05, 0.1) is 6.07 Å². The standard InChI is InChI=1S/C10H19N3/c1-3-5-13-10(8-11)4-6-12-7-9(10)2/h9,12-13H,3-7H2,1-2H3. The maximum atomic E-state index is 9.20.